The number of amides is 3. The summed E-state index contributed by atoms with van der Waals surface area (Å²) in [6.45, 7) is 1.91. The molecule has 0 spiro atoms. The molecule has 0 aromatic carbocycles. The van der Waals surface area contributed by atoms with Gasteiger partial charge in [0.15, 0.2) is 0 Å². The van der Waals surface area contributed by atoms with Gasteiger partial charge in [0.25, 0.3) is 0 Å². The number of carbonyl (C=O) groups excluding carboxylic acids is 2. The zero-order chi connectivity index (χ0) is 15.4. The van der Waals surface area contributed by atoms with E-state index in [9.17, 15) is 14.7 Å². The zero-order valence-corrected chi connectivity index (χ0v) is 12.5. The van der Waals surface area contributed by atoms with E-state index in [4.69, 9.17) is 5.73 Å². The van der Waals surface area contributed by atoms with Crippen molar-refractivity contribution >= 4 is 11.9 Å². The second-order valence-corrected chi connectivity index (χ2v) is 6.26. The van der Waals surface area contributed by atoms with Gasteiger partial charge in [-0.05, 0) is 50.6 Å². The van der Waals surface area contributed by atoms with Gasteiger partial charge in [-0.1, -0.05) is 0 Å². The Hall–Kier alpha value is -1.34. The summed E-state index contributed by atoms with van der Waals surface area (Å²) >= 11 is 0. The summed E-state index contributed by atoms with van der Waals surface area (Å²) in [5, 5.41) is 15.9. The Morgan fingerprint density at radius 3 is 2.48 bits per heavy atom. The van der Waals surface area contributed by atoms with E-state index >= 15 is 0 Å². The molecule has 21 heavy (non-hydrogen) atoms. The van der Waals surface area contributed by atoms with E-state index in [2.05, 4.69) is 10.6 Å². The second-order valence-electron chi connectivity index (χ2n) is 6.26. The summed E-state index contributed by atoms with van der Waals surface area (Å²) in [4.78, 5) is 24.3. The van der Waals surface area contributed by atoms with E-state index in [1.54, 1.807) is 0 Å². The van der Waals surface area contributed by atoms with E-state index in [-0.39, 0.29) is 24.6 Å². The van der Waals surface area contributed by atoms with Gasteiger partial charge in [-0.2, -0.15) is 0 Å². The monoisotopic (exact) mass is 298 g/mol. The van der Waals surface area contributed by atoms with Crippen molar-refractivity contribution in [2.75, 3.05) is 26.7 Å². The summed E-state index contributed by atoms with van der Waals surface area (Å²) in [5.41, 5.74) is 5.14. The number of aliphatic hydroxyl groups excluding tert-OH is 1. The lowest BCUT2D eigenvalue weighted by Gasteiger charge is -2.43. The summed E-state index contributed by atoms with van der Waals surface area (Å²) in [5.74, 6) is 0.596. The lowest BCUT2D eigenvalue weighted by Crippen LogP contribution is -2.54. The third-order valence-electron chi connectivity index (χ3n) is 4.63. The number of primary amides is 1. The van der Waals surface area contributed by atoms with Crippen molar-refractivity contribution < 1.29 is 14.7 Å². The molecule has 0 aromatic heterocycles. The molecule has 120 valence electrons. The second kappa shape index (κ2) is 7.09. The van der Waals surface area contributed by atoms with Crippen LogP contribution in [0.25, 0.3) is 0 Å². The highest BCUT2D eigenvalue weighted by molar-refractivity contribution is 5.83. The molecule has 0 aromatic rings. The van der Waals surface area contributed by atoms with Crippen LogP contribution in [-0.4, -0.2) is 60.8 Å². The maximum atomic E-state index is 12.1. The third-order valence-corrected chi connectivity index (χ3v) is 4.63. The molecule has 2 rings (SSSR count). The first-order chi connectivity index (χ1) is 9.97. The fraction of sp³-hybridized carbons (Fsp3) is 0.857. The molecule has 2 aliphatic rings. The van der Waals surface area contributed by atoms with E-state index < -0.39 is 6.03 Å². The van der Waals surface area contributed by atoms with Crippen LogP contribution in [0.5, 0.6) is 0 Å². The number of likely N-dealkylation sites (N-methyl/N-ethyl adjacent to an activating group) is 1. The molecule has 7 heteroatoms. The van der Waals surface area contributed by atoms with Gasteiger partial charge >= 0.3 is 6.03 Å². The molecule has 2 fully saturated rings. The minimum Gasteiger partial charge on any atom is -0.393 e. The highest BCUT2D eigenvalue weighted by Gasteiger charge is 2.39. The summed E-state index contributed by atoms with van der Waals surface area (Å²) in [7, 11) is 1.51. The average molecular weight is 298 g/mol. The van der Waals surface area contributed by atoms with E-state index in [0.29, 0.717) is 11.8 Å². The van der Waals surface area contributed by atoms with Crippen LogP contribution in [0, 0.1) is 11.8 Å². The van der Waals surface area contributed by atoms with Crippen LogP contribution in [0.2, 0.25) is 0 Å². The number of nitrogens with zero attached hydrogens (tertiary/aromatic N) is 1. The van der Waals surface area contributed by atoms with Gasteiger partial charge in [0.1, 0.15) is 6.54 Å². The number of aliphatic hydroxyl groups is 1. The fourth-order valence-corrected chi connectivity index (χ4v) is 3.27. The normalized spacial score (nSPS) is 27.5. The maximum absolute atomic E-state index is 12.1. The number of rotatable bonds is 5. The average Bonchev–Trinajstić information content (AvgIpc) is 2.42. The summed E-state index contributed by atoms with van der Waals surface area (Å²) < 4.78 is 0. The van der Waals surface area contributed by atoms with Gasteiger partial charge in [0, 0.05) is 13.1 Å². The van der Waals surface area contributed by atoms with Gasteiger partial charge in [-0.3, -0.25) is 4.79 Å². The molecule has 1 saturated carbocycles. The van der Waals surface area contributed by atoms with Crippen molar-refractivity contribution in [1.82, 2.24) is 15.5 Å². The highest BCUT2D eigenvalue weighted by atomic mass is 16.3. The minimum absolute atomic E-state index is 0.0217. The molecule has 0 bridgehead atoms. The Morgan fingerprint density at radius 1 is 1.33 bits per heavy atom. The van der Waals surface area contributed by atoms with Crippen molar-refractivity contribution in [3.05, 3.63) is 0 Å². The standard InChI is InChI=1S/C14H26N4O3/c1-18(14(15)21)8-12(20)17-13(10-6-11(19)7-10)9-2-4-16-5-3-9/h9-11,13,16,19H,2-8H2,1H3,(H2,15,21)(H,17,20)/t10?,11?,13-/m0/s1. The maximum Gasteiger partial charge on any atom is 0.314 e. The molecule has 1 aliphatic heterocycles. The van der Waals surface area contributed by atoms with Crippen molar-refractivity contribution in [2.45, 2.75) is 37.8 Å². The molecular formula is C14H26N4O3. The number of nitrogens with two attached hydrogens (primary N) is 1. The number of hydrogen-bond donors (Lipinski definition) is 4. The van der Waals surface area contributed by atoms with E-state index in [0.717, 1.165) is 38.8 Å². The molecule has 1 heterocycles. The Bertz CT molecular complexity index is 378. The number of hydrogen-bond acceptors (Lipinski definition) is 4. The molecule has 1 saturated heterocycles. The van der Waals surface area contributed by atoms with Crippen LogP contribution in [0.3, 0.4) is 0 Å². The molecular weight excluding hydrogens is 272 g/mol. The molecule has 5 N–H and O–H groups in total. The first-order valence-electron chi connectivity index (χ1n) is 7.66. The molecule has 1 aliphatic carbocycles. The van der Waals surface area contributed by atoms with Crippen molar-refractivity contribution in [2.24, 2.45) is 17.6 Å². The predicted octanol–water partition coefficient (Wildman–Crippen LogP) is -0.748. The van der Waals surface area contributed by atoms with Crippen LogP contribution < -0.4 is 16.4 Å². The van der Waals surface area contributed by atoms with Crippen LogP contribution in [0.1, 0.15) is 25.7 Å². The quantitative estimate of drug-likeness (QED) is 0.536. The van der Waals surface area contributed by atoms with Crippen molar-refractivity contribution in [1.29, 1.82) is 0 Å². The first kappa shape index (κ1) is 16.0. The molecule has 3 amide bonds. The lowest BCUT2D eigenvalue weighted by molar-refractivity contribution is -0.124. The Kier molecular flexibility index (Phi) is 5.41. The molecule has 0 radical (unpaired) electrons. The SMILES string of the molecule is CN(CC(=O)N[C@@H](C1CCNCC1)C1CC(O)C1)C(N)=O. The molecule has 1 atom stereocenters. The smallest absolute Gasteiger partial charge is 0.314 e. The van der Waals surface area contributed by atoms with Crippen molar-refractivity contribution in [3.8, 4) is 0 Å². The van der Waals surface area contributed by atoms with Gasteiger partial charge in [-0.25, -0.2) is 4.79 Å². The van der Waals surface area contributed by atoms with Crippen LogP contribution >= 0.6 is 0 Å². The highest BCUT2D eigenvalue weighted by Crippen LogP contribution is 2.35. The number of piperidine rings is 1. The number of nitrogens with one attached hydrogen (secondary N) is 2. The molecule has 0 unspecified atom stereocenters. The Labute approximate surface area is 125 Å². The Morgan fingerprint density at radius 2 is 1.95 bits per heavy atom. The zero-order valence-electron chi connectivity index (χ0n) is 12.5. The third kappa shape index (κ3) is 4.31. The van der Waals surface area contributed by atoms with E-state index in [1.165, 1.54) is 11.9 Å². The van der Waals surface area contributed by atoms with Gasteiger partial charge in [0.05, 0.1) is 6.10 Å². The van der Waals surface area contributed by atoms with Crippen LogP contribution in [0.15, 0.2) is 0 Å². The van der Waals surface area contributed by atoms with Crippen LogP contribution in [-0.2, 0) is 4.79 Å². The first-order valence-corrected chi connectivity index (χ1v) is 7.66. The van der Waals surface area contributed by atoms with Gasteiger partial charge < -0.3 is 26.4 Å². The topological polar surface area (TPSA) is 108 Å². The summed E-state index contributed by atoms with van der Waals surface area (Å²) in [6.07, 6.45) is 3.33. The Balaban J connectivity index is 1.91. The number of urea groups is 1. The molecule has 7 nitrogen and oxygen atoms in total. The van der Waals surface area contributed by atoms with E-state index in [1.807, 2.05) is 0 Å². The minimum atomic E-state index is -0.609. The predicted molar refractivity (Wildman–Crippen MR) is 78.5 cm³/mol. The summed E-state index contributed by atoms with van der Waals surface area (Å²) in [6, 6.07) is -0.521. The largest absolute Gasteiger partial charge is 0.393 e. The van der Waals surface area contributed by atoms with Gasteiger partial charge in [-0.15, -0.1) is 0 Å². The fourth-order valence-electron chi connectivity index (χ4n) is 3.27. The van der Waals surface area contributed by atoms with Crippen molar-refractivity contribution in [3.63, 3.8) is 0 Å². The lowest BCUT2D eigenvalue weighted by atomic mass is 9.71. The number of carbonyl (C=O) groups is 2. The van der Waals surface area contributed by atoms with Gasteiger partial charge in [0.2, 0.25) is 5.91 Å². The van der Waals surface area contributed by atoms with Crippen LogP contribution in [0.4, 0.5) is 4.79 Å².